The molecule has 0 aromatic carbocycles. The molecule has 0 saturated carbocycles. The monoisotopic (exact) mass is 232 g/mol. The van der Waals surface area contributed by atoms with Crippen LogP contribution in [0.5, 0.6) is 0 Å². The minimum absolute atomic E-state index is 0.134. The first kappa shape index (κ1) is 10.9. The van der Waals surface area contributed by atoms with Gasteiger partial charge < -0.3 is 14.2 Å². The van der Waals surface area contributed by atoms with Gasteiger partial charge in [0.2, 0.25) is 0 Å². The number of carbonyl (C=O) groups excluding carboxylic acids is 1. The minimum atomic E-state index is -0.644. The molecule has 2 rings (SSSR count). The van der Waals surface area contributed by atoms with Gasteiger partial charge >= 0.3 is 5.97 Å². The Kier molecular flexibility index (Phi) is 2.87. The van der Waals surface area contributed by atoms with Crippen LogP contribution in [0.4, 0.5) is 0 Å². The van der Waals surface area contributed by atoms with Crippen molar-refractivity contribution in [1.29, 1.82) is 5.26 Å². The number of aromatic amines is 1. The third-order valence-electron chi connectivity index (χ3n) is 1.93. The average Bonchev–Trinajstić information content (AvgIpc) is 2.98. The number of esters is 1. The number of nitriles is 1. The molecule has 0 aliphatic heterocycles. The summed E-state index contributed by atoms with van der Waals surface area (Å²) in [6.07, 6.45) is 1.50. The maximum atomic E-state index is 11.3. The van der Waals surface area contributed by atoms with Crippen molar-refractivity contribution in [2.24, 2.45) is 0 Å². The van der Waals surface area contributed by atoms with Crippen LogP contribution >= 0.6 is 0 Å². The normalized spacial score (nSPS) is 9.88. The fourth-order valence-corrected chi connectivity index (χ4v) is 1.19. The second-order valence-electron chi connectivity index (χ2n) is 3.06. The van der Waals surface area contributed by atoms with Crippen LogP contribution in [0, 0.1) is 11.3 Å². The molecular weight excluding hydrogens is 224 g/mol. The van der Waals surface area contributed by atoms with Crippen LogP contribution in [-0.4, -0.2) is 27.7 Å². The number of H-pyrrole nitrogens is 1. The number of nitrogens with one attached hydrogen (secondary N) is 1. The summed E-state index contributed by atoms with van der Waals surface area (Å²) in [6.45, 7) is 1.92. The van der Waals surface area contributed by atoms with Crippen molar-refractivity contribution in [2.45, 2.75) is 6.92 Å². The van der Waals surface area contributed by atoms with Crippen molar-refractivity contribution in [1.82, 2.24) is 15.1 Å². The minimum Gasteiger partial charge on any atom is -0.460 e. The second kappa shape index (κ2) is 4.49. The molecule has 0 unspecified atom stereocenters. The zero-order valence-electron chi connectivity index (χ0n) is 8.93. The van der Waals surface area contributed by atoms with Gasteiger partial charge in [0.05, 0.1) is 12.2 Å². The molecule has 7 heteroatoms. The Morgan fingerprint density at radius 1 is 1.71 bits per heavy atom. The number of carbonyl (C=O) groups is 1. The molecule has 0 amide bonds. The van der Waals surface area contributed by atoms with E-state index in [1.54, 1.807) is 13.0 Å². The Morgan fingerprint density at radius 3 is 3.18 bits per heavy atom. The van der Waals surface area contributed by atoms with Crippen LogP contribution in [0.15, 0.2) is 16.8 Å². The second-order valence-corrected chi connectivity index (χ2v) is 3.06. The fourth-order valence-electron chi connectivity index (χ4n) is 1.19. The summed E-state index contributed by atoms with van der Waals surface area (Å²) in [5.41, 5.74) is 0.917. The van der Waals surface area contributed by atoms with Gasteiger partial charge in [0, 0.05) is 6.20 Å². The lowest BCUT2D eigenvalue weighted by molar-refractivity contribution is 0.0508. The van der Waals surface area contributed by atoms with Gasteiger partial charge in [-0.15, -0.1) is 0 Å². The molecule has 0 fully saturated rings. The molecule has 0 aliphatic rings. The summed E-state index contributed by atoms with van der Waals surface area (Å²) in [5.74, 6) is -0.654. The SMILES string of the molecule is CCOC(=O)c1noc(-c2cc(C#N)c[nH]2)n1. The van der Waals surface area contributed by atoms with E-state index in [9.17, 15) is 4.79 Å². The van der Waals surface area contributed by atoms with Crippen LogP contribution in [0.25, 0.3) is 11.6 Å². The molecular formula is C10H8N4O3. The Balaban J connectivity index is 2.24. The van der Waals surface area contributed by atoms with Gasteiger partial charge in [-0.25, -0.2) is 4.79 Å². The summed E-state index contributed by atoms with van der Waals surface area (Å²) >= 11 is 0. The van der Waals surface area contributed by atoms with E-state index in [0.29, 0.717) is 11.3 Å². The summed E-state index contributed by atoms with van der Waals surface area (Å²) in [6, 6.07) is 3.50. The number of ether oxygens (including phenoxy) is 1. The molecule has 2 aromatic rings. The molecule has 7 nitrogen and oxygen atoms in total. The Morgan fingerprint density at radius 2 is 2.53 bits per heavy atom. The van der Waals surface area contributed by atoms with Gasteiger partial charge in [-0.2, -0.15) is 10.2 Å². The van der Waals surface area contributed by atoms with Gasteiger partial charge in [0.15, 0.2) is 0 Å². The molecule has 17 heavy (non-hydrogen) atoms. The number of rotatable bonds is 3. The molecule has 0 spiro atoms. The number of hydrogen-bond acceptors (Lipinski definition) is 6. The van der Waals surface area contributed by atoms with Gasteiger partial charge in [-0.05, 0) is 18.1 Å². The molecule has 0 atom stereocenters. The van der Waals surface area contributed by atoms with Gasteiger partial charge in [-0.3, -0.25) is 0 Å². The first-order valence-corrected chi connectivity index (χ1v) is 4.84. The lowest BCUT2D eigenvalue weighted by Gasteiger charge is -1.93. The first-order valence-electron chi connectivity index (χ1n) is 4.84. The molecule has 0 aliphatic carbocycles. The van der Waals surface area contributed by atoms with Crippen LogP contribution in [0.2, 0.25) is 0 Å². The maximum absolute atomic E-state index is 11.3. The van der Waals surface area contributed by atoms with Crippen molar-refractivity contribution < 1.29 is 14.1 Å². The molecule has 2 aromatic heterocycles. The number of nitrogens with zero attached hydrogens (tertiary/aromatic N) is 3. The number of aromatic nitrogens is 3. The summed E-state index contributed by atoms with van der Waals surface area (Å²) < 4.78 is 9.59. The van der Waals surface area contributed by atoms with E-state index < -0.39 is 5.97 Å². The van der Waals surface area contributed by atoms with Crippen molar-refractivity contribution in [3.63, 3.8) is 0 Å². The highest BCUT2D eigenvalue weighted by Gasteiger charge is 2.17. The molecule has 0 saturated heterocycles. The van der Waals surface area contributed by atoms with E-state index in [1.165, 1.54) is 6.20 Å². The first-order chi connectivity index (χ1) is 8.24. The number of hydrogen-bond donors (Lipinski definition) is 1. The highest BCUT2D eigenvalue weighted by atomic mass is 16.5. The van der Waals surface area contributed by atoms with Gasteiger partial charge in [0.1, 0.15) is 11.8 Å². The van der Waals surface area contributed by atoms with Gasteiger partial charge in [-0.1, -0.05) is 0 Å². The van der Waals surface area contributed by atoms with Crippen LogP contribution in [0.3, 0.4) is 0 Å². The lowest BCUT2D eigenvalue weighted by Crippen LogP contribution is -2.06. The summed E-state index contributed by atoms with van der Waals surface area (Å²) in [4.78, 5) is 17.9. The highest BCUT2D eigenvalue weighted by Crippen LogP contribution is 2.16. The lowest BCUT2D eigenvalue weighted by atomic mass is 10.3. The van der Waals surface area contributed by atoms with Crippen LogP contribution in [-0.2, 0) is 4.74 Å². The molecule has 0 bridgehead atoms. The zero-order valence-corrected chi connectivity index (χ0v) is 8.93. The van der Waals surface area contributed by atoms with E-state index in [2.05, 4.69) is 15.1 Å². The van der Waals surface area contributed by atoms with E-state index in [0.717, 1.165) is 0 Å². The summed E-state index contributed by atoms with van der Waals surface area (Å²) in [7, 11) is 0. The zero-order chi connectivity index (χ0) is 12.3. The maximum Gasteiger partial charge on any atom is 0.379 e. The fraction of sp³-hybridized carbons (Fsp3) is 0.200. The van der Waals surface area contributed by atoms with E-state index in [-0.39, 0.29) is 18.3 Å². The average molecular weight is 232 g/mol. The smallest absolute Gasteiger partial charge is 0.379 e. The van der Waals surface area contributed by atoms with Crippen molar-refractivity contribution >= 4 is 5.97 Å². The van der Waals surface area contributed by atoms with E-state index >= 15 is 0 Å². The molecule has 2 heterocycles. The van der Waals surface area contributed by atoms with Gasteiger partial charge in [0.25, 0.3) is 11.7 Å². The predicted octanol–water partition coefficient (Wildman–Crippen LogP) is 1.11. The Hall–Kier alpha value is -2.62. The highest BCUT2D eigenvalue weighted by molar-refractivity contribution is 5.85. The van der Waals surface area contributed by atoms with Crippen molar-refractivity contribution in [3.8, 4) is 17.7 Å². The largest absolute Gasteiger partial charge is 0.460 e. The molecule has 1 N–H and O–H groups in total. The van der Waals surface area contributed by atoms with E-state index in [4.69, 9.17) is 14.5 Å². The van der Waals surface area contributed by atoms with E-state index in [1.807, 2.05) is 6.07 Å². The summed E-state index contributed by atoms with van der Waals surface area (Å²) in [5, 5.41) is 12.1. The topological polar surface area (TPSA) is 105 Å². The molecule has 0 radical (unpaired) electrons. The van der Waals surface area contributed by atoms with Crippen LogP contribution < -0.4 is 0 Å². The third-order valence-corrected chi connectivity index (χ3v) is 1.93. The Bertz CT molecular complexity index is 578. The van der Waals surface area contributed by atoms with Crippen LogP contribution in [0.1, 0.15) is 23.1 Å². The quantitative estimate of drug-likeness (QED) is 0.794. The predicted molar refractivity (Wildman–Crippen MR) is 54.8 cm³/mol. The Labute approximate surface area is 96.0 Å². The van der Waals surface area contributed by atoms with Crippen molar-refractivity contribution in [2.75, 3.05) is 6.61 Å². The van der Waals surface area contributed by atoms with Crippen molar-refractivity contribution in [3.05, 3.63) is 23.7 Å². The standard InChI is InChI=1S/C10H8N4O3/c1-2-16-10(15)8-13-9(17-14-8)7-3-6(4-11)5-12-7/h3,5,12H,2H2,1H3. The molecule has 86 valence electrons. The third kappa shape index (κ3) is 2.15.